The highest BCUT2D eigenvalue weighted by atomic mass is 32.2. The maximum atomic E-state index is 9.77. The first-order chi connectivity index (χ1) is 8.33. The fourth-order valence-corrected chi connectivity index (χ4v) is 2.59. The Morgan fingerprint density at radius 3 is 2.59 bits per heavy atom. The SMILES string of the molecule is NC/C=C/CSc1ccc(O)c2ccccc12. The van der Waals surface area contributed by atoms with Gasteiger partial charge in [0.15, 0.2) is 0 Å². The predicted molar refractivity (Wildman–Crippen MR) is 74.5 cm³/mol. The Morgan fingerprint density at radius 2 is 1.82 bits per heavy atom. The molecule has 0 aliphatic carbocycles. The summed E-state index contributed by atoms with van der Waals surface area (Å²) in [5.41, 5.74) is 5.39. The Kier molecular flexibility index (Phi) is 4.07. The topological polar surface area (TPSA) is 46.2 Å². The lowest BCUT2D eigenvalue weighted by molar-refractivity contribution is 0.481. The van der Waals surface area contributed by atoms with Gasteiger partial charge in [-0.15, -0.1) is 11.8 Å². The highest BCUT2D eigenvalue weighted by Crippen LogP contribution is 2.33. The summed E-state index contributed by atoms with van der Waals surface area (Å²) in [7, 11) is 0. The van der Waals surface area contributed by atoms with Crippen molar-refractivity contribution in [1.29, 1.82) is 0 Å². The molecule has 2 aromatic carbocycles. The summed E-state index contributed by atoms with van der Waals surface area (Å²) in [5, 5.41) is 11.8. The molecule has 0 aromatic heterocycles. The van der Waals surface area contributed by atoms with Crippen molar-refractivity contribution >= 4 is 22.5 Å². The molecule has 0 aliphatic rings. The van der Waals surface area contributed by atoms with Crippen LogP contribution in [0.1, 0.15) is 0 Å². The minimum Gasteiger partial charge on any atom is -0.507 e. The van der Waals surface area contributed by atoms with Crippen LogP contribution in [-0.4, -0.2) is 17.4 Å². The molecule has 2 nitrogen and oxygen atoms in total. The van der Waals surface area contributed by atoms with E-state index >= 15 is 0 Å². The maximum absolute atomic E-state index is 9.77. The van der Waals surface area contributed by atoms with Gasteiger partial charge in [-0.05, 0) is 17.5 Å². The highest BCUT2D eigenvalue weighted by Gasteiger charge is 2.03. The van der Waals surface area contributed by atoms with E-state index in [0.717, 1.165) is 16.5 Å². The summed E-state index contributed by atoms with van der Waals surface area (Å²) in [4.78, 5) is 1.18. The van der Waals surface area contributed by atoms with Crippen molar-refractivity contribution in [2.24, 2.45) is 5.73 Å². The molecule has 0 fully saturated rings. The zero-order valence-electron chi connectivity index (χ0n) is 9.47. The second-order valence-electron chi connectivity index (χ2n) is 3.65. The molecule has 0 aliphatic heterocycles. The third-order valence-corrected chi connectivity index (χ3v) is 3.52. The molecule has 0 unspecified atom stereocenters. The molecule has 0 spiro atoms. The van der Waals surface area contributed by atoms with Gasteiger partial charge in [-0.2, -0.15) is 0 Å². The fraction of sp³-hybridized carbons (Fsp3) is 0.143. The van der Waals surface area contributed by atoms with E-state index in [1.54, 1.807) is 17.8 Å². The average molecular weight is 245 g/mol. The van der Waals surface area contributed by atoms with E-state index in [-0.39, 0.29) is 0 Å². The van der Waals surface area contributed by atoms with Gasteiger partial charge in [0, 0.05) is 22.6 Å². The summed E-state index contributed by atoms with van der Waals surface area (Å²) in [6.45, 7) is 0.580. The van der Waals surface area contributed by atoms with Crippen LogP contribution in [0.4, 0.5) is 0 Å². The third kappa shape index (κ3) is 2.81. The number of hydrogen-bond acceptors (Lipinski definition) is 3. The van der Waals surface area contributed by atoms with E-state index in [1.807, 2.05) is 36.4 Å². The number of rotatable bonds is 4. The van der Waals surface area contributed by atoms with Gasteiger partial charge >= 0.3 is 0 Å². The zero-order chi connectivity index (χ0) is 12.1. The lowest BCUT2D eigenvalue weighted by atomic mass is 10.1. The van der Waals surface area contributed by atoms with Crippen molar-refractivity contribution in [2.75, 3.05) is 12.3 Å². The largest absolute Gasteiger partial charge is 0.507 e. The Labute approximate surface area is 105 Å². The minimum absolute atomic E-state index is 0.336. The molecule has 0 bridgehead atoms. The van der Waals surface area contributed by atoms with Crippen molar-refractivity contribution in [3.63, 3.8) is 0 Å². The van der Waals surface area contributed by atoms with Gasteiger partial charge in [0.1, 0.15) is 5.75 Å². The summed E-state index contributed by atoms with van der Waals surface area (Å²) in [6, 6.07) is 11.6. The second kappa shape index (κ2) is 5.75. The molecule has 3 heteroatoms. The van der Waals surface area contributed by atoms with E-state index in [9.17, 15) is 5.11 Å². The number of aromatic hydroxyl groups is 1. The van der Waals surface area contributed by atoms with Crippen LogP contribution in [0.2, 0.25) is 0 Å². The van der Waals surface area contributed by atoms with Crippen molar-refractivity contribution in [3.05, 3.63) is 48.6 Å². The van der Waals surface area contributed by atoms with Gasteiger partial charge in [0.05, 0.1) is 0 Å². The van der Waals surface area contributed by atoms with Crippen LogP contribution in [0.15, 0.2) is 53.4 Å². The lowest BCUT2D eigenvalue weighted by Gasteiger charge is -2.06. The van der Waals surface area contributed by atoms with Crippen LogP contribution in [0.25, 0.3) is 10.8 Å². The maximum Gasteiger partial charge on any atom is 0.123 e. The first-order valence-electron chi connectivity index (χ1n) is 5.51. The number of fused-ring (bicyclic) bond motifs is 1. The van der Waals surface area contributed by atoms with E-state index in [4.69, 9.17) is 5.73 Å². The number of hydrogen-bond donors (Lipinski definition) is 2. The lowest BCUT2D eigenvalue weighted by Crippen LogP contribution is -1.92. The van der Waals surface area contributed by atoms with Crippen LogP contribution in [0.3, 0.4) is 0 Å². The van der Waals surface area contributed by atoms with Crippen LogP contribution in [0.5, 0.6) is 5.75 Å². The number of nitrogens with two attached hydrogens (primary N) is 1. The Hall–Kier alpha value is -1.45. The number of thioether (sulfide) groups is 1. The Bertz CT molecular complexity index is 537. The monoisotopic (exact) mass is 245 g/mol. The first kappa shape index (κ1) is 12.0. The van der Waals surface area contributed by atoms with Gasteiger partial charge in [0.25, 0.3) is 0 Å². The van der Waals surface area contributed by atoms with Gasteiger partial charge in [0.2, 0.25) is 0 Å². The average Bonchev–Trinajstić information content (AvgIpc) is 2.37. The van der Waals surface area contributed by atoms with E-state index in [2.05, 4.69) is 6.08 Å². The molecule has 0 atom stereocenters. The van der Waals surface area contributed by atoms with Crippen molar-refractivity contribution in [3.8, 4) is 5.75 Å². The molecule has 0 radical (unpaired) electrons. The number of benzene rings is 2. The Morgan fingerprint density at radius 1 is 1.06 bits per heavy atom. The van der Waals surface area contributed by atoms with Crippen molar-refractivity contribution < 1.29 is 5.11 Å². The second-order valence-corrected chi connectivity index (χ2v) is 4.71. The normalized spacial score (nSPS) is 11.4. The predicted octanol–water partition coefficient (Wildman–Crippen LogP) is 3.15. The van der Waals surface area contributed by atoms with Crippen LogP contribution >= 0.6 is 11.8 Å². The van der Waals surface area contributed by atoms with E-state index in [0.29, 0.717) is 12.3 Å². The van der Waals surface area contributed by atoms with Crippen LogP contribution in [-0.2, 0) is 0 Å². The first-order valence-corrected chi connectivity index (χ1v) is 6.50. The molecular formula is C14H15NOS. The Balaban J connectivity index is 2.28. The summed E-state index contributed by atoms with van der Waals surface area (Å²) in [5.74, 6) is 1.23. The molecule has 0 heterocycles. The van der Waals surface area contributed by atoms with Gasteiger partial charge in [-0.1, -0.05) is 36.4 Å². The molecule has 88 valence electrons. The molecule has 17 heavy (non-hydrogen) atoms. The van der Waals surface area contributed by atoms with Crippen LogP contribution < -0.4 is 5.73 Å². The molecule has 0 saturated heterocycles. The quantitative estimate of drug-likeness (QED) is 0.642. The van der Waals surface area contributed by atoms with Gasteiger partial charge in [-0.3, -0.25) is 0 Å². The number of phenols is 1. The van der Waals surface area contributed by atoms with Gasteiger partial charge < -0.3 is 10.8 Å². The summed E-state index contributed by atoms with van der Waals surface area (Å²) in [6.07, 6.45) is 4.02. The molecule has 3 N–H and O–H groups in total. The zero-order valence-corrected chi connectivity index (χ0v) is 10.3. The van der Waals surface area contributed by atoms with Crippen molar-refractivity contribution in [1.82, 2.24) is 0 Å². The molecule has 2 rings (SSSR count). The van der Waals surface area contributed by atoms with E-state index < -0.39 is 0 Å². The summed E-state index contributed by atoms with van der Waals surface area (Å²) < 4.78 is 0. The molecular weight excluding hydrogens is 230 g/mol. The molecule has 0 amide bonds. The molecule has 0 saturated carbocycles. The standard InChI is InChI=1S/C14H15NOS/c15-9-3-4-10-17-14-8-7-13(16)11-5-1-2-6-12(11)14/h1-8,16H,9-10,15H2/b4-3+. The highest BCUT2D eigenvalue weighted by molar-refractivity contribution is 7.99. The summed E-state index contributed by atoms with van der Waals surface area (Å²) >= 11 is 1.75. The van der Waals surface area contributed by atoms with E-state index in [1.165, 1.54) is 4.90 Å². The van der Waals surface area contributed by atoms with Crippen molar-refractivity contribution in [2.45, 2.75) is 4.90 Å². The smallest absolute Gasteiger partial charge is 0.123 e. The molecule has 2 aromatic rings. The number of phenolic OH excluding ortho intramolecular Hbond substituents is 1. The van der Waals surface area contributed by atoms with Gasteiger partial charge in [-0.25, -0.2) is 0 Å². The minimum atomic E-state index is 0.336. The van der Waals surface area contributed by atoms with Crippen LogP contribution in [0, 0.1) is 0 Å². The fourth-order valence-electron chi connectivity index (χ4n) is 1.68. The third-order valence-electron chi connectivity index (χ3n) is 2.50.